The van der Waals surface area contributed by atoms with Crippen LogP contribution >= 0.6 is 11.8 Å². The average molecular weight is 364 g/mol. The molecule has 2 atom stereocenters. The van der Waals surface area contributed by atoms with Gasteiger partial charge < -0.3 is 20.1 Å². The highest BCUT2D eigenvalue weighted by Crippen LogP contribution is 2.36. The van der Waals surface area contributed by atoms with E-state index in [1.54, 1.807) is 0 Å². The fraction of sp³-hybridized carbons (Fsp3) is 0.471. The average Bonchev–Trinajstić information content (AvgIpc) is 3.12. The highest BCUT2D eigenvalue weighted by Gasteiger charge is 2.29. The summed E-state index contributed by atoms with van der Waals surface area (Å²) in [6, 6.07) is 7.41. The van der Waals surface area contributed by atoms with E-state index in [-0.39, 0.29) is 30.9 Å². The number of para-hydroxylation sites is 1. The summed E-state index contributed by atoms with van der Waals surface area (Å²) in [5.41, 5.74) is 0.746. The summed E-state index contributed by atoms with van der Waals surface area (Å²) >= 11 is 1.32. The second kappa shape index (κ2) is 8.35. The number of amides is 2. The van der Waals surface area contributed by atoms with Crippen LogP contribution in [0.3, 0.4) is 0 Å². The van der Waals surface area contributed by atoms with Gasteiger partial charge in [0.15, 0.2) is 6.61 Å². The first-order valence-electron chi connectivity index (χ1n) is 8.22. The lowest BCUT2D eigenvalue weighted by molar-refractivity contribution is -0.149. The van der Waals surface area contributed by atoms with Gasteiger partial charge >= 0.3 is 5.97 Å². The Hall–Kier alpha value is -2.06. The fourth-order valence-corrected chi connectivity index (χ4v) is 3.76. The quantitative estimate of drug-likeness (QED) is 0.740. The minimum atomic E-state index is -0.570. The summed E-state index contributed by atoms with van der Waals surface area (Å²) in [7, 11) is 0. The molecule has 0 aromatic heterocycles. The first kappa shape index (κ1) is 17.8. The summed E-state index contributed by atoms with van der Waals surface area (Å²) in [5, 5.41) is 4.89. The molecule has 1 saturated heterocycles. The van der Waals surface area contributed by atoms with Crippen LogP contribution in [0.15, 0.2) is 29.2 Å². The Morgan fingerprint density at radius 3 is 3.00 bits per heavy atom. The minimum absolute atomic E-state index is 0.0436. The molecule has 1 aromatic carbocycles. The standard InChI is InChI=1S/C17H20N2O5S/c20-15(18-9-11-4-3-7-23-11)10-24-16(21)8-14-17(22)19-12-5-1-2-6-13(12)25-14/h1-2,5-6,11,14H,3-4,7-10H2,(H,18,20)(H,19,22)/t11-,14-/m1/s1. The first-order valence-corrected chi connectivity index (χ1v) is 9.10. The zero-order valence-corrected chi connectivity index (χ0v) is 14.5. The van der Waals surface area contributed by atoms with Gasteiger partial charge in [0.2, 0.25) is 5.91 Å². The van der Waals surface area contributed by atoms with Gasteiger partial charge in [-0.05, 0) is 25.0 Å². The number of ether oxygens (including phenoxy) is 2. The topological polar surface area (TPSA) is 93.7 Å². The van der Waals surface area contributed by atoms with E-state index in [1.807, 2.05) is 24.3 Å². The first-order chi connectivity index (χ1) is 12.1. The molecule has 1 fully saturated rings. The molecule has 0 aliphatic carbocycles. The Kier molecular flexibility index (Phi) is 5.93. The highest BCUT2D eigenvalue weighted by atomic mass is 32.2. The number of hydrogen-bond acceptors (Lipinski definition) is 6. The van der Waals surface area contributed by atoms with E-state index >= 15 is 0 Å². The van der Waals surface area contributed by atoms with Crippen molar-refractivity contribution >= 4 is 35.2 Å². The number of carbonyl (C=O) groups is 3. The van der Waals surface area contributed by atoms with Gasteiger partial charge in [0, 0.05) is 18.0 Å². The molecule has 0 unspecified atom stereocenters. The van der Waals surface area contributed by atoms with Crippen molar-refractivity contribution in [2.24, 2.45) is 0 Å². The molecule has 2 N–H and O–H groups in total. The van der Waals surface area contributed by atoms with Gasteiger partial charge in [-0.25, -0.2) is 0 Å². The summed E-state index contributed by atoms with van der Waals surface area (Å²) in [4.78, 5) is 36.6. The third kappa shape index (κ3) is 4.96. The van der Waals surface area contributed by atoms with Crippen LogP contribution in [0.2, 0.25) is 0 Å². The lowest BCUT2D eigenvalue weighted by Crippen LogP contribution is -2.36. The number of anilines is 1. The molecule has 0 saturated carbocycles. The molecular formula is C17H20N2O5S. The minimum Gasteiger partial charge on any atom is -0.456 e. The molecule has 3 rings (SSSR count). The van der Waals surface area contributed by atoms with E-state index in [9.17, 15) is 14.4 Å². The van der Waals surface area contributed by atoms with Crippen molar-refractivity contribution in [1.29, 1.82) is 0 Å². The molecule has 0 radical (unpaired) electrons. The largest absolute Gasteiger partial charge is 0.456 e. The van der Waals surface area contributed by atoms with Crippen LogP contribution in [0.25, 0.3) is 0 Å². The molecule has 2 aliphatic rings. The van der Waals surface area contributed by atoms with Crippen LogP contribution in [-0.2, 0) is 23.9 Å². The fourth-order valence-electron chi connectivity index (χ4n) is 2.67. The maximum atomic E-state index is 12.0. The highest BCUT2D eigenvalue weighted by molar-refractivity contribution is 8.01. The van der Waals surface area contributed by atoms with E-state index in [0.717, 1.165) is 30.0 Å². The lowest BCUT2D eigenvalue weighted by atomic mass is 10.2. The molecule has 0 bridgehead atoms. The molecule has 2 amide bonds. The third-order valence-corrected chi connectivity index (χ3v) is 5.25. The number of nitrogens with one attached hydrogen (secondary N) is 2. The van der Waals surface area contributed by atoms with Crippen molar-refractivity contribution in [2.75, 3.05) is 25.1 Å². The van der Waals surface area contributed by atoms with Crippen LogP contribution in [-0.4, -0.2) is 48.9 Å². The molecule has 2 heterocycles. The van der Waals surface area contributed by atoms with Crippen molar-refractivity contribution < 1.29 is 23.9 Å². The second-order valence-corrected chi connectivity index (χ2v) is 7.14. The van der Waals surface area contributed by atoms with Crippen molar-refractivity contribution in [3.8, 4) is 0 Å². The molecule has 25 heavy (non-hydrogen) atoms. The monoisotopic (exact) mass is 364 g/mol. The zero-order valence-electron chi connectivity index (χ0n) is 13.7. The van der Waals surface area contributed by atoms with Gasteiger partial charge in [0.1, 0.15) is 0 Å². The van der Waals surface area contributed by atoms with Crippen molar-refractivity contribution in [1.82, 2.24) is 5.32 Å². The molecule has 1 aromatic rings. The van der Waals surface area contributed by atoms with Gasteiger partial charge in [-0.3, -0.25) is 14.4 Å². The zero-order chi connectivity index (χ0) is 17.6. The predicted molar refractivity (Wildman–Crippen MR) is 92.3 cm³/mol. The van der Waals surface area contributed by atoms with E-state index < -0.39 is 11.2 Å². The maximum absolute atomic E-state index is 12.0. The second-order valence-electron chi connectivity index (χ2n) is 5.90. The Morgan fingerprint density at radius 1 is 1.36 bits per heavy atom. The van der Waals surface area contributed by atoms with Crippen LogP contribution < -0.4 is 10.6 Å². The van der Waals surface area contributed by atoms with Crippen molar-refractivity contribution in [3.05, 3.63) is 24.3 Å². The molecule has 134 valence electrons. The molecule has 2 aliphatic heterocycles. The van der Waals surface area contributed by atoms with Crippen LogP contribution in [0.5, 0.6) is 0 Å². The number of fused-ring (bicyclic) bond motifs is 1. The van der Waals surface area contributed by atoms with Crippen LogP contribution in [0, 0.1) is 0 Å². The number of carbonyl (C=O) groups excluding carboxylic acids is 3. The summed E-state index contributed by atoms with van der Waals surface area (Å²) in [6.45, 7) is 0.801. The van der Waals surface area contributed by atoms with Gasteiger partial charge in [-0.2, -0.15) is 0 Å². The van der Waals surface area contributed by atoms with E-state index in [1.165, 1.54) is 11.8 Å². The lowest BCUT2D eigenvalue weighted by Gasteiger charge is -2.23. The number of rotatable bonds is 6. The Bertz CT molecular complexity index is 660. The molecule has 8 heteroatoms. The van der Waals surface area contributed by atoms with E-state index in [2.05, 4.69) is 10.6 Å². The van der Waals surface area contributed by atoms with Crippen molar-refractivity contribution in [3.63, 3.8) is 0 Å². The molecular weight excluding hydrogens is 344 g/mol. The summed E-state index contributed by atoms with van der Waals surface area (Å²) in [6.07, 6.45) is 1.89. The van der Waals surface area contributed by atoms with E-state index in [4.69, 9.17) is 9.47 Å². The van der Waals surface area contributed by atoms with Gasteiger partial charge in [-0.15, -0.1) is 11.8 Å². The summed E-state index contributed by atoms with van der Waals surface area (Å²) < 4.78 is 10.4. The summed E-state index contributed by atoms with van der Waals surface area (Å²) in [5.74, 6) is -1.17. The number of esters is 1. The Balaban J connectivity index is 1.40. The Morgan fingerprint density at radius 2 is 2.20 bits per heavy atom. The van der Waals surface area contributed by atoms with Crippen molar-refractivity contribution in [2.45, 2.75) is 35.5 Å². The number of benzene rings is 1. The van der Waals surface area contributed by atoms with Crippen LogP contribution in [0.1, 0.15) is 19.3 Å². The number of thioether (sulfide) groups is 1. The predicted octanol–water partition coefficient (Wildman–Crippen LogP) is 1.33. The van der Waals surface area contributed by atoms with E-state index in [0.29, 0.717) is 6.54 Å². The smallest absolute Gasteiger partial charge is 0.307 e. The normalized spacial score (nSPS) is 22.0. The van der Waals surface area contributed by atoms with Gasteiger partial charge in [0.25, 0.3) is 5.91 Å². The molecule has 0 spiro atoms. The number of hydrogen-bond donors (Lipinski definition) is 2. The van der Waals surface area contributed by atoms with Gasteiger partial charge in [-0.1, -0.05) is 12.1 Å². The SMILES string of the molecule is O=C(COC(=O)C[C@H]1Sc2ccccc2NC1=O)NC[C@H]1CCCO1. The maximum Gasteiger partial charge on any atom is 0.307 e. The Labute approximate surface area is 149 Å². The molecule has 7 nitrogen and oxygen atoms in total. The van der Waals surface area contributed by atoms with Gasteiger partial charge in [0.05, 0.1) is 23.5 Å². The third-order valence-electron chi connectivity index (χ3n) is 3.97. The van der Waals surface area contributed by atoms with Crippen LogP contribution in [0.4, 0.5) is 5.69 Å².